The molecule has 0 spiro atoms. The van der Waals surface area contributed by atoms with Crippen LogP contribution in [-0.2, 0) is 19.6 Å². The highest BCUT2D eigenvalue weighted by Crippen LogP contribution is 2.30. The molecule has 1 atom stereocenters. The van der Waals surface area contributed by atoms with Gasteiger partial charge in [-0.05, 0) is 68.1 Å². The van der Waals surface area contributed by atoms with E-state index in [9.17, 15) is 18.0 Å². The molecule has 2 amide bonds. The van der Waals surface area contributed by atoms with E-state index >= 15 is 0 Å². The Morgan fingerprint density at radius 1 is 1.08 bits per heavy atom. The number of amides is 2. The first-order valence-electron chi connectivity index (χ1n) is 12.8. The van der Waals surface area contributed by atoms with Gasteiger partial charge in [0.05, 0.1) is 37.1 Å². The number of methoxy groups -OCH3 is 1. The molecule has 2 aromatic carbocycles. The van der Waals surface area contributed by atoms with E-state index in [-0.39, 0.29) is 54.8 Å². The van der Waals surface area contributed by atoms with Crippen LogP contribution < -0.4 is 14.6 Å². The molecule has 0 saturated carbocycles. The van der Waals surface area contributed by atoms with Crippen LogP contribution in [-0.4, -0.2) is 82.1 Å². The summed E-state index contributed by atoms with van der Waals surface area (Å²) in [5, 5.41) is 5.91. The van der Waals surface area contributed by atoms with Crippen LogP contribution in [0, 0.1) is 6.92 Å². The second-order valence-corrected chi connectivity index (χ2v) is 12.0. The Morgan fingerprint density at radius 2 is 1.82 bits per heavy atom. The summed E-state index contributed by atoms with van der Waals surface area (Å²) in [5.41, 5.74) is -0.229. The number of hydrogen-bond donors (Lipinski definition) is 1. The number of aryl methyl sites for hydroxylation is 1. The van der Waals surface area contributed by atoms with Crippen LogP contribution in [0.2, 0.25) is 5.02 Å². The third-order valence-electron chi connectivity index (χ3n) is 7.08. The topological polar surface area (TPSA) is 128 Å². The SMILES string of the molecule is COc1ccc(S(N)(=O)=O)cc1C(=O)N1CCO[C@@](COc2ccc(Cl)c(C)c2)(CC(=O)N2CCCCC2)C1. The molecule has 2 N–H and O–H groups in total. The zero-order valence-corrected chi connectivity index (χ0v) is 23.7. The Bertz CT molecular complexity index is 1330. The minimum atomic E-state index is -4.04. The number of hydrogen-bond acceptors (Lipinski definition) is 7. The minimum absolute atomic E-state index is 0.0196. The van der Waals surface area contributed by atoms with Gasteiger partial charge >= 0.3 is 0 Å². The number of benzene rings is 2. The molecule has 12 heteroatoms. The van der Waals surface area contributed by atoms with Crippen molar-refractivity contribution in [1.29, 1.82) is 0 Å². The molecule has 2 aliphatic rings. The molecule has 0 unspecified atom stereocenters. The fraction of sp³-hybridized carbons (Fsp3) is 0.481. The van der Waals surface area contributed by atoms with Gasteiger partial charge in [0, 0.05) is 24.7 Å². The van der Waals surface area contributed by atoms with Crippen LogP contribution in [0.3, 0.4) is 0 Å². The fourth-order valence-corrected chi connectivity index (χ4v) is 5.57. The highest BCUT2D eigenvalue weighted by atomic mass is 35.5. The fourth-order valence-electron chi connectivity index (χ4n) is 4.92. The molecule has 0 radical (unpaired) electrons. The number of halogens is 1. The number of carbonyl (C=O) groups is 2. The van der Waals surface area contributed by atoms with Gasteiger partial charge < -0.3 is 24.0 Å². The summed E-state index contributed by atoms with van der Waals surface area (Å²) >= 11 is 6.16. The predicted molar refractivity (Wildman–Crippen MR) is 146 cm³/mol. The van der Waals surface area contributed by atoms with E-state index in [1.807, 2.05) is 11.8 Å². The number of carbonyl (C=O) groups excluding carboxylic acids is 2. The van der Waals surface area contributed by atoms with E-state index in [2.05, 4.69) is 0 Å². The Balaban J connectivity index is 1.61. The number of nitrogens with zero attached hydrogens (tertiary/aromatic N) is 2. The van der Waals surface area contributed by atoms with Gasteiger partial charge in [0.15, 0.2) is 0 Å². The predicted octanol–water partition coefficient (Wildman–Crippen LogP) is 3.00. The second-order valence-electron chi connectivity index (χ2n) is 9.98. The van der Waals surface area contributed by atoms with Crippen LogP contribution in [0.15, 0.2) is 41.3 Å². The molecule has 10 nitrogen and oxygen atoms in total. The third-order valence-corrected chi connectivity index (χ3v) is 8.41. The van der Waals surface area contributed by atoms with Crippen LogP contribution >= 0.6 is 11.6 Å². The van der Waals surface area contributed by atoms with E-state index in [0.717, 1.165) is 24.8 Å². The molecule has 2 aromatic rings. The number of rotatable bonds is 8. The largest absolute Gasteiger partial charge is 0.496 e. The zero-order chi connectivity index (χ0) is 28.2. The van der Waals surface area contributed by atoms with Crippen molar-refractivity contribution in [3.63, 3.8) is 0 Å². The lowest BCUT2D eigenvalue weighted by atomic mass is 9.95. The Hall–Kier alpha value is -2.86. The molecule has 2 heterocycles. The first-order chi connectivity index (χ1) is 18.5. The zero-order valence-electron chi connectivity index (χ0n) is 22.2. The van der Waals surface area contributed by atoms with Crippen molar-refractivity contribution < 1.29 is 32.2 Å². The van der Waals surface area contributed by atoms with Crippen molar-refractivity contribution >= 4 is 33.4 Å². The average molecular weight is 580 g/mol. The third kappa shape index (κ3) is 7.02. The molecule has 0 bridgehead atoms. The summed E-state index contributed by atoms with van der Waals surface area (Å²) in [7, 11) is -2.65. The molecule has 2 aliphatic heterocycles. The molecule has 2 fully saturated rings. The van der Waals surface area contributed by atoms with Gasteiger partial charge in [-0.2, -0.15) is 0 Å². The summed E-state index contributed by atoms with van der Waals surface area (Å²) in [6, 6.07) is 9.17. The van der Waals surface area contributed by atoms with Gasteiger partial charge in [-0.1, -0.05) is 11.6 Å². The smallest absolute Gasteiger partial charge is 0.257 e. The molecule has 39 heavy (non-hydrogen) atoms. The lowest BCUT2D eigenvalue weighted by Gasteiger charge is -2.43. The molecular formula is C27H34ClN3O7S. The van der Waals surface area contributed by atoms with Gasteiger partial charge in [0.2, 0.25) is 15.9 Å². The molecule has 4 rings (SSSR count). The number of ether oxygens (including phenoxy) is 3. The standard InChI is InChI=1S/C27H34ClN3O7S/c1-19-14-20(6-8-23(19)28)37-18-27(16-25(32)30-10-4-3-5-11-30)17-31(12-13-38-27)26(33)22-15-21(39(29,34)35)7-9-24(22)36-2/h6-9,14-15H,3-5,10-13,16-18H2,1-2H3,(H2,29,34,35)/t27-/m0/s1. The van der Waals surface area contributed by atoms with Gasteiger partial charge in [0.25, 0.3) is 5.91 Å². The number of sulfonamides is 1. The summed E-state index contributed by atoms with van der Waals surface area (Å²) < 4.78 is 41.5. The maximum Gasteiger partial charge on any atom is 0.257 e. The van der Waals surface area contributed by atoms with Crippen LogP contribution in [0.25, 0.3) is 0 Å². The summed E-state index contributed by atoms with van der Waals surface area (Å²) in [6.07, 6.45) is 3.01. The quantitative estimate of drug-likeness (QED) is 0.509. The first kappa shape index (κ1) is 29.1. The number of primary sulfonamides is 1. The van der Waals surface area contributed by atoms with E-state index in [4.69, 9.17) is 31.0 Å². The van der Waals surface area contributed by atoms with Crippen LogP contribution in [0.1, 0.15) is 41.6 Å². The van der Waals surface area contributed by atoms with Crippen molar-refractivity contribution in [3.8, 4) is 11.5 Å². The lowest BCUT2D eigenvalue weighted by Crippen LogP contribution is -2.58. The maximum absolute atomic E-state index is 13.7. The van der Waals surface area contributed by atoms with Gasteiger partial charge in [0.1, 0.15) is 23.7 Å². The van der Waals surface area contributed by atoms with E-state index in [1.54, 1.807) is 18.2 Å². The van der Waals surface area contributed by atoms with E-state index in [0.29, 0.717) is 23.9 Å². The summed E-state index contributed by atoms with van der Waals surface area (Å²) in [5.74, 6) is 0.254. The van der Waals surface area contributed by atoms with Gasteiger partial charge in [-0.15, -0.1) is 0 Å². The highest BCUT2D eigenvalue weighted by molar-refractivity contribution is 7.89. The Morgan fingerprint density at radius 3 is 2.49 bits per heavy atom. The second kappa shape index (κ2) is 12.1. The van der Waals surface area contributed by atoms with Crippen LogP contribution in [0.5, 0.6) is 11.5 Å². The molecular weight excluding hydrogens is 546 g/mol. The number of piperidine rings is 1. The summed E-state index contributed by atoms with van der Waals surface area (Å²) in [4.78, 5) is 30.2. The molecule has 212 valence electrons. The Labute approximate surface area is 234 Å². The van der Waals surface area contributed by atoms with Crippen molar-refractivity contribution in [2.24, 2.45) is 5.14 Å². The monoisotopic (exact) mass is 579 g/mol. The van der Waals surface area contributed by atoms with Crippen molar-refractivity contribution in [2.75, 3.05) is 46.5 Å². The van der Waals surface area contributed by atoms with E-state index in [1.165, 1.54) is 30.2 Å². The van der Waals surface area contributed by atoms with E-state index < -0.39 is 21.5 Å². The van der Waals surface area contributed by atoms with Gasteiger partial charge in [-0.25, -0.2) is 13.6 Å². The van der Waals surface area contributed by atoms with Crippen molar-refractivity contribution in [1.82, 2.24) is 9.80 Å². The molecule has 0 aliphatic carbocycles. The highest BCUT2D eigenvalue weighted by Gasteiger charge is 2.43. The average Bonchev–Trinajstić information content (AvgIpc) is 2.93. The summed E-state index contributed by atoms with van der Waals surface area (Å²) in [6.45, 7) is 3.72. The van der Waals surface area contributed by atoms with Crippen LogP contribution in [0.4, 0.5) is 0 Å². The number of likely N-dealkylation sites (tertiary alicyclic amines) is 1. The van der Waals surface area contributed by atoms with Crippen molar-refractivity contribution in [3.05, 3.63) is 52.5 Å². The number of morpholine rings is 1. The minimum Gasteiger partial charge on any atom is -0.496 e. The molecule has 2 saturated heterocycles. The van der Waals surface area contributed by atoms with Gasteiger partial charge in [-0.3, -0.25) is 9.59 Å². The molecule has 0 aromatic heterocycles. The normalized spacial score (nSPS) is 20.0. The Kier molecular flexibility index (Phi) is 9.05. The maximum atomic E-state index is 13.7. The van der Waals surface area contributed by atoms with Crippen molar-refractivity contribution in [2.45, 2.75) is 43.1 Å². The lowest BCUT2D eigenvalue weighted by molar-refractivity contribution is -0.153. The first-order valence-corrected chi connectivity index (χ1v) is 14.7. The number of nitrogens with two attached hydrogens (primary N) is 1.